The Hall–Kier alpha value is -0.230. The van der Waals surface area contributed by atoms with Crippen molar-refractivity contribution >= 4 is 40.6 Å². The van der Waals surface area contributed by atoms with Crippen LogP contribution in [0.2, 0.25) is 5.02 Å². The van der Waals surface area contributed by atoms with E-state index in [0.717, 1.165) is 24.5 Å². The van der Waals surface area contributed by atoms with E-state index in [1.165, 1.54) is 22.8 Å². The molecule has 0 spiro atoms. The van der Waals surface area contributed by atoms with Crippen molar-refractivity contribution in [3.8, 4) is 0 Å². The summed E-state index contributed by atoms with van der Waals surface area (Å²) in [5.74, 6) is 1.93. The smallest absolute Gasteiger partial charge is 0.260 e. The summed E-state index contributed by atoms with van der Waals surface area (Å²) in [6.45, 7) is 3.08. The minimum Gasteiger partial charge on any atom is -0.365 e. The Morgan fingerprint density at radius 2 is 2.19 bits per heavy atom. The molecule has 1 aromatic heterocycles. The highest BCUT2D eigenvalue weighted by Gasteiger charge is 2.15. The summed E-state index contributed by atoms with van der Waals surface area (Å²) in [5.41, 5.74) is 5.23. The van der Waals surface area contributed by atoms with Crippen LogP contribution in [0.15, 0.2) is 6.07 Å². The van der Waals surface area contributed by atoms with Crippen molar-refractivity contribution in [3.63, 3.8) is 0 Å². The zero-order chi connectivity index (χ0) is 11.5. The van der Waals surface area contributed by atoms with Gasteiger partial charge in [0.2, 0.25) is 0 Å². The average Bonchev–Trinajstić information content (AvgIpc) is 2.61. The second-order valence-electron chi connectivity index (χ2n) is 3.64. The number of amides is 1. The minimum absolute atomic E-state index is 0.435. The predicted molar refractivity (Wildman–Crippen MR) is 70.4 cm³/mol. The lowest BCUT2D eigenvalue weighted by molar-refractivity contribution is 0.100. The summed E-state index contributed by atoms with van der Waals surface area (Å²) >= 11 is 9.33. The van der Waals surface area contributed by atoms with Crippen molar-refractivity contribution in [2.24, 2.45) is 5.73 Å². The van der Waals surface area contributed by atoms with E-state index in [9.17, 15) is 4.79 Å². The summed E-state index contributed by atoms with van der Waals surface area (Å²) in [4.78, 5) is 15.0. The van der Waals surface area contributed by atoms with Crippen molar-refractivity contribution < 1.29 is 4.79 Å². The Morgan fingerprint density at radius 3 is 2.75 bits per heavy atom. The van der Waals surface area contributed by atoms with E-state index in [1.807, 2.05) is 17.8 Å². The highest BCUT2D eigenvalue weighted by atomic mass is 35.5. The lowest BCUT2D eigenvalue weighted by Gasteiger charge is -2.25. The van der Waals surface area contributed by atoms with E-state index in [0.29, 0.717) is 9.90 Å². The van der Waals surface area contributed by atoms with Crippen LogP contribution in [-0.2, 0) is 6.54 Å². The maximum absolute atomic E-state index is 11.1. The number of nitrogens with two attached hydrogens (primary N) is 1. The van der Waals surface area contributed by atoms with E-state index in [-0.39, 0.29) is 0 Å². The zero-order valence-electron chi connectivity index (χ0n) is 8.74. The van der Waals surface area contributed by atoms with Crippen LogP contribution in [0, 0.1) is 0 Å². The fourth-order valence-corrected chi connectivity index (χ4v) is 3.97. The van der Waals surface area contributed by atoms with Gasteiger partial charge in [0, 0.05) is 36.0 Å². The third kappa shape index (κ3) is 2.91. The minimum atomic E-state index is -0.435. The van der Waals surface area contributed by atoms with Crippen LogP contribution in [-0.4, -0.2) is 35.4 Å². The molecule has 2 N–H and O–H groups in total. The molecule has 0 aliphatic carbocycles. The fraction of sp³-hybridized carbons (Fsp3) is 0.500. The molecule has 1 fully saturated rings. The summed E-state index contributed by atoms with van der Waals surface area (Å²) in [6.07, 6.45) is 0. The Labute approximate surface area is 108 Å². The SMILES string of the molecule is NC(=O)c1sc(CN2CCSCC2)cc1Cl. The lowest BCUT2D eigenvalue weighted by Crippen LogP contribution is -2.31. The van der Waals surface area contributed by atoms with E-state index < -0.39 is 5.91 Å². The van der Waals surface area contributed by atoms with Crippen molar-refractivity contribution in [2.45, 2.75) is 6.54 Å². The third-order valence-corrected chi connectivity index (χ3v) is 4.93. The van der Waals surface area contributed by atoms with Gasteiger partial charge in [-0.25, -0.2) is 0 Å². The number of thiophene rings is 1. The number of carbonyl (C=O) groups excluding carboxylic acids is 1. The van der Waals surface area contributed by atoms with Crippen LogP contribution in [0.4, 0.5) is 0 Å². The van der Waals surface area contributed by atoms with Gasteiger partial charge in [-0.3, -0.25) is 9.69 Å². The standard InChI is InChI=1S/C10H13ClN2OS2/c11-8-5-7(16-9(8)10(12)14)6-13-1-3-15-4-2-13/h5H,1-4,6H2,(H2,12,14). The highest BCUT2D eigenvalue weighted by Crippen LogP contribution is 2.28. The molecule has 1 amide bonds. The largest absolute Gasteiger partial charge is 0.365 e. The van der Waals surface area contributed by atoms with Gasteiger partial charge in [-0.15, -0.1) is 11.3 Å². The van der Waals surface area contributed by atoms with Gasteiger partial charge < -0.3 is 5.73 Å². The summed E-state index contributed by atoms with van der Waals surface area (Å²) in [7, 11) is 0. The molecule has 0 aromatic carbocycles. The molecule has 0 bridgehead atoms. The molecule has 3 nitrogen and oxygen atoms in total. The number of primary amides is 1. The topological polar surface area (TPSA) is 46.3 Å². The van der Waals surface area contributed by atoms with Crippen LogP contribution in [0.25, 0.3) is 0 Å². The summed E-state index contributed by atoms with van der Waals surface area (Å²) in [5, 5.41) is 0.485. The maximum Gasteiger partial charge on any atom is 0.260 e. The summed E-state index contributed by atoms with van der Waals surface area (Å²) in [6, 6.07) is 1.86. The van der Waals surface area contributed by atoms with Gasteiger partial charge in [0.25, 0.3) is 5.91 Å². The maximum atomic E-state index is 11.1. The number of hydrogen-bond acceptors (Lipinski definition) is 4. The average molecular weight is 277 g/mol. The van der Waals surface area contributed by atoms with Crippen LogP contribution in [0.5, 0.6) is 0 Å². The molecule has 1 aliphatic rings. The molecule has 0 saturated carbocycles. The number of thioether (sulfide) groups is 1. The number of nitrogens with zero attached hydrogens (tertiary/aromatic N) is 1. The number of rotatable bonds is 3. The van der Waals surface area contributed by atoms with Crippen molar-refractivity contribution in [2.75, 3.05) is 24.6 Å². The molecule has 88 valence electrons. The lowest BCUT2D eigenvalue weighted by atomic mass is 10.3. The van der Waals surface area contributed by atoms with Crippen LogP contribution >= 0.6 is 34.7 Å². The molecule has 2 heterocycles. The molecule has 1 aliphatic heterocycles. The Morgan fingerprint density at radius 1 is 1.50 bits per heavy atom. The fourth-order valence-electron chi connectivity index (χ4n) is 1.64. The van der Waals surface area contributed by atoms with Crippen molar-refractivity contribution in [1.29, 1.82) is 0 Å². The Kier molecular flexibility index (Phi) is 4.13. The van der Waals surface area contributed by atoms with Gasteiger partial charge in [0.05, 0.1) is 5.02 Å². The van der Waals surface area contributed by atoms with Gasteiger partial charge in [-0.05, 0) is 6.07 Å². The monoisotopic (exact) mass is 276 g/mol. The number of carbonyl (C=O) groups is 1. The van der Waals surface area contributed by atoms with E-state index in [1.54, 1.807) is 0 Å². The number of hydrogen-bond donors (Lipinski definition) is 1. The quantitative estimate of drug-likeness (QED) is 0.919. The predicted octanol–water partition coefficient (Wildman–Crippen LogP) is 2.05. The highest BCUT2D eigenvalue weighted by molar-refractivity contribution is 7.99. The van der Waals surface area contributed by atoms with Gasteiger partial charge in [-0.1, -0.05) is 11.6 Å². The van der Waals surface area contributed by atoms with Gasteiger partial charge >= 0.3 is 0 Å². The van der Waals surface area contributed by atoms with Crippen molar-refractivity contribution in [3.05, 3.63) is 20.8 Å². The molecule has 0 radical (unpaired) electrons. The first-order valence-electron chi connectivity index (χ1n) is 5.05. The first-order chi connectivity index (χ1) is 7.66. The van der Waals surface area contributed by atoms with Gasteiger partial charge in [-0.2, -0.15) is 11.8 Å². The van der Waals surface area contributed by atoms with Crippen LogP contribution in [0.1, 0.15) is 14.5 Å². The first kappa shape index (κ1) is 12.2. The Balaban J connectivity index is 2.03. The second kappa shape index (κ2) is 5.40. The molecule has 0 unspecified atom stereocenters. The van der Waals surface area contributed by atoms with Crippen LogP contribution < -0.4 is 5.73 Å². The Bertz CT molecular complexity index is 388. The molecule has 1 aromatic rings. The van der Waals surface area contributed by atoms with E-state index in [2.05, 4.69) is 4.90 Å². The van der Waals surface area contributed by atoms with Crippen LogP contribution in [0.3, 0.4) is 0 Å². The molecule has 16 heavy (non-hydrogen) atoms. The molecule has 0 atom stereocenters. The third-order valence-electron chi connectivity index (χ3n) is 2.44. The molecule has 6 heteroatoms. The normalized spacial score (nSPS) is 17.6. The zero-order valence-corrected chi connectivity index (χ0v) is 11.1. The van der Waals surface area contributed by atoms with Gasteiger partial charge in [0.15, 0.2) is 0 Å². The van der Waals surface area contributed by atoms with E-state index >= 15 is 0 Å². The number of halogens is 1. The molecular formula is C10H13ClN2OS2. The molecule has 2 rings (SSSR count). The van der Waals surface area contributed by atoms with Gasteiger partial charge in [0.1, 0.15) is 4.88 Å². The first-order valence-corrected chi connectivity index (χ1v) is 7.40. The second-order valence-corrected chi connectivity index (χ2v) is 6.41. The van der Waals surface area contributed by atoms with E-state index in [4.69, 9.17) is 17.3 Å². The summed E-state index contributed by atoms with van der Waals surface area (Å²) < 4.78 is 0. The van der Waals surface area contributed by atoms with Crippen molar-refractivity contribution in [1.82, 2.24) is 4.90 Å². The molecule has 1 saturated heterocycles. The molecular weight excluding hydrogens is 264 g/mol.